The van der Waals surface area contributed by atoms with Crippen LogP contribution in [0.5, 0.6) is 0 Å². The summed E-state index contributed by atoms with van der Waals surface area (Å²) in [6, 6.07) is 13.9. The molecule has 2 aromatic rings. The fourth-order valence-electron chi connectivity index (χ4n) is 4.26. The first-order chi connectivity index (χ1) is 14.2. The molecule has 0 saturated carbocycles. The topological polar surface area (TPSA) is 44.3 Å². The van der Waals surface area contributed by atoms with Gasteiger partial charge in [-0.2, -0.15) is 0 Å². The number of aliphatic hydroxyl groups excluding tert-OH is 1. The molecule has 5 heteroatoms. The van der Waals surface area contributed by atoms with Crippen molar-refractivity contribution in [2.45, 2.75) is 63.5 Å². The number of nitrogens with one attached hydrogen (secondary N) is 2. The van der Waals surface area contributed by atoms with Crippen molar-refractivity contribution in [3.63, 3.8) is 0 Å². The molecule has 0 bridgehead atoms. The lowest BCUT2D eigenvalue weighted by atomic mass is 9.79. The van der Waals surface area contributed by atoms with Gasteiger partial charge < -0.3 is 15.7 Å². The minimum atomic E-state index is -0.481. The molecular formula is C25H36FN2OP. The van der Waals surface area contributed by atoms with Crippen LogP contribution in [0, 0.1) is 5.82 Å². The molecule has 2 aromatic carbocycles. The molecule has 0 spiro atoms. The van der Waals surface area contributed by atoms with Crippen LogP contribution in [0.25, 0.3) is 0 Å². The predicted molar refractivity (Wildman–Crippen MR) is 127 cm³/mol. The monoisotopic (exact) mass is 430 g/mol. The summed E-state index contributed by atoms with van der Waals surface area (Å²) in [7, 11) is 2.54. The van der Waals surface area contributed by atoms with Gasteiger partial charge in [-0.05, 0) is 71.8 Å². The quantitative estimate of drug-likeness (QED) is 0.586. The molecule has 3 unspecified atom stereocenters. The van der Waals surface area contributed by atoms with Crippen molar-refractivity contribution in [3.8, 4) is 0 Å². The summed E-state index contributed by atoms with van der Waals surface area (Å²) >= 11 is 0. The van der Waals surface area contributed by atoms with Gasteiger partial charge in [0.25, 0.3) is 0 Å². The lowest BCUT2D eigenvalue weighted by Crippen LogP contribution is -2.55. The first-order valence-corrected chi connectivity index (χ1v) is 11.6. The van der Waals surface area contributed by atoms with Gasteiger partial charge in [-0.15, -0.1) is 9.24 Å². The number of benzene rings is 2. The van der Waals surface area contributed by atoms with Gasteiger partial charge in [-0.1, -0.05) is 51.1 Å². The molecule has 0 radical (unpaired) electrons. The molecule has 164 valence electrons. The smallest absolute Gasteiger partial charge is 0.124 e. The molecule has 30 heavy (non-hydrogen) atoms. The molecule has 0 aromatic heterocycles. The SMILES string of the molecule is CC(C)(C)c1cccc(C2(NCC(O)CCc3cc(F)cc(P)c3)CCCNC2)c1. The van der Waals surface area contributed by atoms with Crippen molar-refractivity contribution in [3.05, 3.63) is 65.0 Å². The third-order valence-electron chi connectivity index (χ3n) is 6.09. The van der Waals surface area contributed by atoms with Crippen LogP contribution in [0.1, 0.15) is 56.7 Å². The maximum atomic E-state index is 13.6. The van der Waals surface area contributed by atoms with Crippen LogP contribution in [0.3, 0.4) is 0 Å². The van der Waals surface area contributed by atoms with Crippen LogP contribution in [0.2, 0.25) is 0 Å². The van der Waals surface area contributed by atoms with E-state index in [1.54, 1.807) is 6.07 Å². The van der Waals surface area contributed by atoms with E-state index in [1.807, 2.05) is 6.07 Å². The van der Waals surface area contributed by atoms with E-state index in [-0.39, 0.29) is 16.8 Å². The van der Waals surface area contributed by atoms with Crippen molar-refractivity contribution in [2.75, 3.05) is 19.6 Å². The van der Waals surface area contributed by atoms with Crippen LogP contribution in [-0.4, -0.2) is 30.8 Å². The van der Waals surface area contributed by atoms with Crippen molar-refractivity contribution in [1.82, 2.24) is 10.6 Å². The standard InChI is InChI=1S/C25H36FN2OP/c1-24(2,3)19-6-4-7-20(14-19)25(10-5-11-27-17-25)28-16-22(29)9-8-18-12-21(26)15-23(30)13-18/h4,6-7,12-15,22,27-29H,5,8-11,16-17,30H2,1-3H3. The molecule has 1 aliphatic heterocycles. The van der Waals surface area contributed by atoms with Gasteiger partial charge in [0.1, 0.15) is 5.82 Å². The van der Waals surface area contributed by atoms with Gasteiger partial charge >= 0.3 is 0 Å². The Bertz CT molecular complexity index is 823. The first kappa shape index (κ1) is 23.3. The zero-order valence-electron chi connectivity index (χ0n) is 18.5. The Morgan fingerprint density at radius 1 is 1.23 bits per heavy atom. The summed E-state index contributed by atoms with van der Waals surface area (Å²) in [5.41, 5.74) is 3.46. The molecule has 0 amide bonds. The highest BCUT2D eigenvalue weighted by Crippen LogP contribution is 2.32. The molecule has 3 rings (SSSR count). The maximum Gasteiger partial charge on any atom is 0.124 e. The van der Waals surface area contributed by atoms with Gasteiger partial charge in [0, 0.05) is 13.1 Å². The van der Waals surface area contributed by atoms with E-state index in [2.05, 4.69) is 64.9 Å². The van der Waals surface area contributed by atoms with Gasteiger partial charge in [0.15, 0.2) is 0 Å². The third kappa shape index (κ3) is 6.11. The second kappa shape index (κ2) is 9.87. The summed E-state index contributed by atoms with van der Waals surface area (Å²) < 4.78 is 13.6. The summed E-state index contributed by atoms with van der Waals surface area (Å²) in [5.74, 6) is -0.226. The zero-order chi connectivity index (χ0) is 21.8. The van der Waals surface area contributed by atoms with Crippen LogP contribution in [0.15, 0.2) is 42.5 Å². The van der Waals surface area contributed by atoms with E-state index in [0.717, 1.165) is 36.8 Å². The fraction of sp³-hybridized carbons (Fsp3) is 0.520. The van der Waals surface area contributed by atoms with Crippen molar-refractivity contribution in [2.24, 2.45) is 0 Å². The highest BCUT2D eigenvalue weighted by atomic mass is 31.0. The third-order valence-corrected chi connectivity index (χ3v) is 6.42. The molecular weight excluding hydrogens is 394 g/mol. The summed E-state index contributed by atoms with van der Waals surface area (Å²) in [6.45, 7) is 9.12. The Labute approximate surface area is 183 Å². The Balaban J connectivity index is 1.68. The van der Waals surface area contributed by atoms with Crippen LogP contribution < -0.4 is 15.9 Å². The Hall–Kier alpha value is -1.32. The largest absolute Gasteiger partial charge is 0.392 e. The number of piperidine rings is 1. The van der Waals surface area contributed by atoms with Gasteiger partial charge in [0.05, 0.1) is 11.6 Å². The Kier molecular flexibility index (Phi) is 7.68. The Morgan fingerprint density at radius 3 is 2.70 bits per heavy atom. The normalized spacial score (nSPS) is 20.9. The average molecular weight is 431 g/mol. The number of aliphatic hydroxyl groups is 1. The number of hydrogen-bond acceptors (Lipinski definition) is 3. The highest BCUT2D eigenvalue weighted by Gasteiger charge is 2.34. The van der Waals surface area contributed by atoms with E-state index < -0.39 is 6.10 Å². The molecule has 1 saturated heterocycles. The molecule has 0 aliphatic carbocycles. The molecule has 1 fully saturated rings. The molecule has 3 nitrogen and oxygen atoms in total. The minimum absolute atomic E-state index is 0.0974. The van der Waals surface area contributed by atoms with E-state index in [1.165, 1.54) is 17.2 Å². The second-order valence-electron chi connectivity index (χ2n) is 9.66. The van der Waals surface area contributed by atoms with Crippen LogP contribution in [-0.2, 0) is 17.4 Å². The van der Waals surface area contributed by atoms with E-state index >= 15 is 0 Å². The van der Waals surface area contributed by atoms with Crippen molar-refractivity contribution >= 4 is 14.5 Å². The molecule has 3 atom stereocenters. The highest BCUT2D eigenvalue weighted by molar-refractivity contribution is 7.27. The number of aryl methyl sites for hydroxylation is 1. The Morgan fingerprint density at radius 2 is 2.03 bits per heavy atom. The van der Waals surface area contributed by atoms with E-state index in [0.29, 0.717) is 19.4 Å². The van der Waals surface area contributed by atoms with Gasteiger partial charge in [0.2, 0.25) is 0 Å². The lowest BCUT2D eigenvalue weighted by molar-refractivity contribution is 0.136. The van der Waals surface area contributed by atoms with Crippen molar-refractivity contribution in [1.29, 1.82) is 0 Å². The number of rotatable bonds is 7. The van der Waals surface area contributed by atoms with Crippen LogP contribution >= 0.6 is 9.24 Å². The predicted octanol–water partition coefficient (Wildman–Crippen LogP) is 3.79. The van der Waals surface area contributed by atoms with Gasteiger partial charge in [-0.25, -0.2) is 4.39 Å². The lowest BCUT2D eigenvalue weighted by Gasteiger charge is -2.40. The van der Waals surface area contributed by atoms with E-state index in [9.17, 15) is 9.50 Å². The van der Waals surface area contributed by atoms with Gasteiger partial charge in [-0.3, -0.25) is 0 Å². The molecule has 1 aliphatic rings. The zero-order valence-corrected chi connectivity index (χ0v) is 19.6. The number of hydrogen-bond donors (Lipinski definition) is 3. The average Bonchev–Trinajstić information content (AvgIpc) is 2.70. The maximum absolute atomic E-state index is 13.6. The summed E-state index contributed by atoms with van der Waals surface area (Å²) in [4.78, 5) is 0. The fourth-order valence-corrected chi connectivity index (χ4v) is 4.63. The molecule has 3 N–H and O–H groups in total. The summed E-state index contributed by atoms with van der Waals surface area (Å²) in [5, 5.41) is 18.7. The van der Waals surface area contributed by atoms with E-state index in [4.69, 9.17) is 0 Å². The van der Waals surface area contributed by atoms with Crippen molar-refractivity contribution < 1.29 is 9.50 Å². The minimum Gasteiger partial charge on any atom is -0.392 e. The number of halogens is 1. The second-order valence-corrected chi connectivity index (χ2v) is 10.3. The molecule has 1 heterocycles. The first-order valence-electron chi connectivity index (χ1n) is 11.0. The summed E-state index contributed by atoms with van der Waals surface area (Å²) in [6.07, 6.45) is 2.92. The van der Waals surface area contributed by atoms with Crippen LogP contribution in [0.4, 0.5) is 4.39 Å².